The summed E-state index contributed by atoms with van der Waals surface area (Å²) in [6.07, 6.45) is 0. The van der Waals surface area contributed by atoms with E-state index >= 15 is 0 Å². The number of aryl methyl sites for hydroxylation is 2. The Morgan fingerprint density at radius 2 is 2.29 bits per heavy atom. The Bertz CT molecular complexity index is 400. The fourth-order valence-corrected chi connectivity index (χ4v) is 1.65. The van der Waals surface area contributed by atoms with E-state index in [0.29, 0.717) is 30.2 Å². The molecule has 1 unspecified atom stereocenters. The van der Waals surface area contributed by atoms with Gasteiger partial charge in [-0.1, -0.05) is 0 Å². The predicted molar refractivity (Wildman–Crippen MR) is 65.9 cm³/mol. The van der Waals surface area contributed by atoms with Crippen molar-refractivity contribution in [3.63, 3.8) is 0 Å². The molecule has 17 heavy (non-hydrogen) atoms. The van der Waals surface area contributed by atoms with Crippen LogP contribution < -0.4 is 11.1 Å². The van der Waals surface area contributed by atoms with Crippen LogP contribution in [0.3, 0.4) is 0 Å². The molecule has 6 nitrogen and oxygen atoms in total. The van der Waals surface area contributed by atoms with Gasteiger partial charge >= 0.3 is 0 Å². The second-order valence-electron chi connectivity index (χ2n) is 3.99. The van der Waals surface area contributed by atoms with Crippen LogP contribution >= 0.6 is 0 Å². The average Bonchev–Trinajstić information content (AvgIpc) is 2.55. The lowest BCUT2D eigenvalue weighted by atomic mass is 10.2. The van der Waals surface area contributed by atoms with Crippen molar-refractivity contribution >= 4 is 11.6 Å². The Labute approximate surface area is 101 Å². The third-order valence-corrected chi connectivity index (χ3v) is 2.48. The highest BCUT2D eigenvalue weighted by Gasteiger charge is 2.20. The lowest BCUT2D eigenvalue weighted by molar-refractivity contribution is 0.0896. The molecule has 3 N–H and O–H groups in total. The molecule has 1 atom stereocenters. The molecule has 0 aliphatic rings. The first-order valence-electron chi connectivity index (χ1n) is 5.63. The molecule has 1 amide bonds. The Morgan fingerprint density at radius 1 is 1.65 bits per heavy atom. The fraction of sp³-hybridized carbons (Fsp3) is 0.636. The summed E-state index contributed by atoms with van der Waals surface area (Å²) in [4.78, 5) is 12.0. The number of aromatic nitrogens is 2. The molecular weight excluding hydrogens is 220 g/mol. The number of nitrogens with two attached hydrogens (primary N) is 1. The van der Waals surface area contributed by atoms with Gasteiger partial charge in [-0.3, -0.25) is 9.48 Å². The lowest BCUT2D eigenvalue weighted by Crippen LogP contribution is -2.37. The van der Waals surface area contributed by atoms with Gasteiger partial charge in [0.2, 0.25) is 0 Å². The maximum atomic E-state index is 12.0. The number of carbonyl (C=O) groups is 1. The molecule has 0 fully saturated rings. The first-order chi connectivity index (χ1) is 8.01. The summed E-state index contributed by atoms with van der Waals surface area (Å²) in [5.74, 6) is -0.213. The minimum absolute atomic E-state index is 0.0626. The fourth-order valence-electron chi connectivity index (χ4n) is 1.65. The molecular formula is C11H20N4O2. The number of nitrogens with zero attached hydrogens (tertiary/aromatic N) is 2. The third kappa shape index (κ3) is 2.97. The van der Waals surface area contributed by atoms with Gasteiger partial charge in [0.25, 0.3) is 5.91 Å². The van der Waals surface area contributed by atoms with Gasteiger partial charge < -0.3 is 15.8 Å². The van der Waals surface area contributed by atoms with Crippen LogP contribution in [0.2, 0.25) is 0 Å². The number of carbonyl (C=O) groups excluding carboxylic acids is 1. The zero-order chi connectivity index (χ0) is 13.0. The van der Waals surface area contributed by atoms with Crippen molar-refractivity contribution in [2.75, 3.05) is 19.5 Å². The Morgan fingerprint density at radius 3 is 2.82 bits per heavy atom. The number of amides is 1. The number of rotatable bonds is 5. The summed E-state index contributed by atoms with van der Waals surface area (Å²) in [6.45, 7) is 6.65. The smallest absolute Gasteiger partial charge is 0.272 e. The van der Waals surface area contributed by atoms with Gasteiger partial charge in [0, 0.05) is 19.7 Å². The van der Waals surface area contributed by atoms with Crippen LogP contribution in [-0.4, -0.2) is 35.4 Å². The number of nitrogen functional groups attached to an aromatic ring is 1. The van der Waals surface area contributed by atoms with Crippen molar-refractivity contribution in [3.8, 4) is 0 Å². The van der Waals surface area contributed by atoms with Gasteiger partial charge in [-0.15, -0.1) is 0 Å². The summed E-state index contributed by atoms with van der Waals surface area (Å²) in [7, 11) is 1.59. The van der Waals surface area contributed by atoms with Crippen LogP contribution in [0.25, 0.3) is 0 Å². The van der Waals surface area contributed by atoms with Gasteiger partial charge in [-0.2, -0.15) is 5.10 Å². The molecule has 0 saturated carbocycles. The van der Waals surface area contributed by atoms with Crippen LogP contribution in [0, 0.1) is 6.92 Å². The highest BCUT2D eigenvalue weighted by molar-refractivity contribution is 5.98. The highest BCUT2D eigenvalue weighted by Crippen LogP contribution is 2.16. The molecule has 1 rings (SSSR count). The number of ether oxygens (including phenoxy) is 1. The monoisotopic (exact) mass is 240 g/mol. The van der Waals surface area contributed by atoms with Crippen LogP contribution in [-0.2, 0) is 11.3 Å². The first-order valence-corrected chi connectivity index (χ1v) is 5.63. The summed E-state index contributed by atoms with van der Waals surface area (Å²) >= 11 is 0. The largest absolute Gasteiger partial charge is 0.395 e. The quantitative estimate of drug-likeness (QED) is 0.787. The second kappa shape index (κ2) is 5.67. The number of anilines is 1. The Balaban J connectivity index is 2.88. The average molecular weight is 240 g/mol. The van der Waals surface area contributed by atoms with Crippen LogP contribution in [0.15, 0.2) is 0 Å². The van der Waals surface area contributed by atoms with Crippen LogP contribution in [0.1, 0.15) is 30.0 Å². The SMILES string of the molecule is CCn1nc(C)c(N)c1C(=O)NC(C)COC. The van der Waals surface area contributed by atoms with Gasteiger partial charge in [0.15, 0.2) is 0 Å². The van der Waals surface area contributed by atoms with Crippen LogP contribution in [0.4, 0.5) is 5.69 Å². The Kier molecular flexibility index (Phi) is 4.51. The van der Waals surface area contributed by atoms with Crippen molar-refractivity contribution in [2.45, 2.75) is 33.4 Å². The highest BCUT2D eigenvalue weighted by atomic mass is 16.5. The van der Waals surface area contributed by atoms with E-state index in [9.17, 15) is 4.79 Å². The summed E-state index contributed by atoms with van der Waals surface area (Å²) in [5.41, 5.74) is 7.39. The van der Waals surface area contributed by atoms with E-state index in [4.69, 9.17) is 10.5 Å². The minimum Gasteiger partial charge on any atom is -0.395 e. The van der Waals surface area contributed by atoms with E-state index in [1.54, 1.807) is 18.7 Å². The molecule has 0 aromatic carbocycles. The lowest BCUT2D eigenvalue weighted by Gasteiger charge is -2.13. The van der Waals surface area contributed by atoms with Gasteiger partial charge in [-0.25, -0.2) is 0 Å². The normalized spacial score (nSPS) is 12.5. The number of nitrogens with one attached hydrogen (secondary N) is 1. The summed E-state index contributed by atoms with van der Waals surface area (Å²) in [5, 5.41) is 7.02. The number of hydrogen-bond donors (Lipinski definition) is 2. The topological polar surface area (TPSA) is 82.2 Å². The van der Waals surface area contributed by atoms with Gasteiger partial charge in [-0.05, 0) is 20.8 Å². The number of methoxy groups -OCH3 is 1. The van der Waals surface area contributed by atoms with E-state index in [0.717, 1.165) is 0 Å². The molecule has 0 aliphatic heterocycles. The molecule has 6 heteroatoms. The standard InChI is InChI=1S/C11H20N4O2/c1-5-15-10(9(12)8(3)14-15)11(16)13-7(2)6-17-4/h7H,5-6,12H2,1-4H3,(H,13,16). The van der Waals surface area contributed by atoms with Crippen molar-refractivity contribution < 1.29 is 9.53 Å². The molecule has 0 bridgehead atoms. The molecule has 1 aromatic heterocycles. The maximum absolute atomic E-state index is 12.0. The summed E-state index contributed by atoms with van der Waals surface area (Å²) < 4.78 is 6.57. The van der Waals surface area contributed by atoms with Crippen molar-refractivity contribution in [3.05, 3.63) is 11.4 Å². The summed E-state index contributed by atoms with van der Waals surface area (Å²) in [6, 6.07) is -0.0626. The van der Waals surface area contributed by atoms with E-state index < -0.39 is 0 Å². The maximum Gasteiger partial charge on any atom is 0.272 e. The Hall–Kier alpha value is -1.56. The predicted octanol–water partition coefficient (Wildman–Crippen LogP) is 0.558. The van der Waals surface area contributed by atoms with E-state index in [-0.39, 0.29) is 11.9 Å². The zero-order valence-electron chi connectivity index (χ0n) is 10.8. The van der Waals surface area contributed by atoms with E-state index in [1.165, 1.54) is 0 Å². The van der Waals surface area contributed by atoms with Gasteiger partial charge in [0.05, 0.1) is 18.0 Å². The first kappa shape index (κ1) is 13.5. The minimum atomic E-state index is -0.213. The molecule has 0 spiro atoms. The van der Waals surface area contributed by atoms with E-state index in [1.807, 2.05) is 13.8 Å². The third-order valence-electron chi connectivity index (χ3n) is 2.48. The molecule has 1 heterocycles. The van der Waals surface area contributed by atoms with E-state index in [2.05, 4.69) is 10.4 Å². The van der Waals surface area contributed by atoms with Crippen molar-refractivity contribution in [1.82, 2.24) is 15.1 Å². The number of hydrogen-bond acceptors (Lipinski definition) is 4. The molecule has 0 radical (unpaired) electrons. The molecule has 0 aliphatic carbocycles. The second-order valence-corrected chi connectivity index (χ2v) is 3.99. The van der Waals surface area contributed by atoms with Crippen LogP contribution in [0.5, 0.6) is 0 Å². The van der Waals surface area contributed by atoms with Crippen molar-refractivity contribution in [1.29, 1.82) is 0 Å². The molecule has 0 saturated heterocycles. The van der Waals surface area contributed by atoms with Gasteiger partial charge in [0.1, 0.15) is 5.69 Å². The zero-order valence-corrected chi connectivity index (χ0v) is 10.8. The van der Waals surface area contributed by atoms with Crippen molar-refractivity contribution in [2.24, 2.45) is 0 Å². The molecule has 96 valence electrons. The molecule has 1 aromatic rings.